The molecular weight excluding hydrogens is 338 g/mol. The van der Waals surface area contributed by atoms with Crippen LogP contribution < -0.4 is 15.0 Å². The quantitative estimate of drug-likeness (QED) is 0.521. The number of ether oxygens (including phenoxy) is 1. The second kappa shape index (κ2) is 7.15. The van der Waals surface area contributed by atoms with E-state index in [0.29, 0.717) is 0 Å². The first-order valence-corrected chi connectivity index (χ1v) is 9.16. The molecule has 2 N–H and O–H groups in total. The molecule has 2 aromatic heterocycles. The van der Waals surface area contributed by atoms with Gasteiger partial charge in [0, 0.05) is 41.4 Å². The summed E-state index contributed by atoms with van der Waals surface area (Å²) in [5.74, 6) is 1.54. The number of hydrogen-bond acceptors (Lipinski definition) is 5. The van der Waals surface area contributed by atoms with E-state index in [1.807, 2.05) is 24.4 Å². The molecule has 6 heteroatoms. The second-order valence-corrected chi connectivity index (χ2v) is 6.34. The monoisotopic (exact) mass is 361 g/mol. The summed E-state index contributed by atoms with van der Waals surface area (Å²) in [6.07, 6.45) is 1.90. The summed E-state index contributed by atoms with van der Waals surface area (Å²) in [4.78, 5) is 7.09. The van der Waals surface area contributed by atoms with Crippen LogP contribution in [-0.2, 0) is 0 Å². The molecule has 0 amide bonds. The van der Waals surface area contributed by atoms with Crippen molar-refractivity contribution in [3.8, 4) is 5.75 Å². The molecule has 4 aromatic rings. The van der Waals surface area contributed by atoms with Crippen LogP contribution in [-0.4, -0.2) is 35.4 Å². The average molecular weight is 361 g/mol. The minimum atomic E-state index is 0.736. The molecule has 0 unspecified atom stereocenters. The molecule has 0 saturated heterocycles. The zero-order valence-electron chi connectivity index (χ0n) is 15.8. The van der Waals surface area contributed by atoms with E-state index in [0.717, 1.165) is 52.2 Å². The topological polar surface area (TPSA) is 66.1 Å². The number of H-pyrrole nitrogens is 1. The van der Waals surface area contributed by atoms with Gasteiger partial charge in [0.05, 0.1) is 12.6 Å². The maximum atomic E-state index is 5.34. The average Bonchev–Trinajstić information content (AvgIpc) is 3.20. The Kier molecular flexibility index (Phi) is 4.54. The molecule has 2 heterocycles. The highest BCUT2D eigenvalue weighted by Crippen LogP contribution is 2.32. The summed E-state index contributed by atoms with van der Waals surface area (Å²) in [7, 11) is 1.67. The molecule has 0 fully saturated rings. The highest BCUT2D eigenvalue weighted by molar-refractivity contribution is 6.09. The van der Waals surface area contributed by atoms with Gasteiger partial charge < -0.3 is 15.0 Å². The predicted molar refractivity (Wildman–Crippen MR) is 111 cm³/mol. The fourth-order valence-electron chi connectivity index (χ4n) is 3.37. The van der Waals surface area contributed by atoms with Gasteiger partial charge in [0.2, 0.25) is 0 Å². The molecule has 6 nitrogen and oxygen atoms in total. The number of nitrogens with zero attached hydrogens (tertiary/aromatic N) is 3. The number of methoxy groups -OCH3 is 1. The number of benzene rings is 2. The Labute approximate surface area is 158 Å². The summed E-state index contributed by atoms with van der Waals surface area (Å²) in [5.41, 5.74) is 3.90. The molecule has 0 spiro atoms. The van der Waals surface area contributed by atoms with E-state index in [-0.39, 0.29) is 0 Å². The van der Waals surface area contributed by atoms with Crippen molar-refractivity contribution < 1.29 is 4.74 Å². The minimum Gasteiger partial charge on any atom is -0.497 e. The van der Waals surface area contributed by atoms with Crippen molar-refractivity contribution in [2.45, 2.75) is 13.8 Å². The third-order valence-corrected chi connectivity index (χ3v) is 4.85. The minimum absolute atomic E-state index is 0.736. The molecule has 0 aliphatic carbocycles. The first kappa shape index (κ1) is 17.1. The van der Waals surface area contributed by atoms with E-state index in [4.69, 9.17) is 9.72 Å². The molecule has 0 aliphatic rings. The van der Waals surface area contributed by atoms with Gasteiger partial charge in [0.25, 0.3) is 0 Å². The number of fused-ring (bicyclic) bond motifs is 3. The maximum absolute atomic E-state index is 5.34. The molecular formula is C21H23N5O. The number of pyridine rings is 1. The second-order valence-electron chi connectivity index (χ2n) is 6.34. The zero-order valence-corrected chi connectivity index (χ0v) is 15.8. The summed E-state index contributed by atoms with van der Waals surface area (Å²) >= 11 is 0. The van der Waals surface area contributed by atoms with E-state index in [2.05, 4.69) is 58.5 Å². The number of rotatable bonds is 6. The predicted octanol–water partition coefficient (Wildman–Crippen LogP) is 4.71. The maximum Gasteiger partial charge on any atom is 0.159 e. The van der Waals surface area contributed by atoms with Crippen LogP contribution in [0, 0.1) is 0 Å². The van der Waals surface area contributed by atoms with Crippen molar-refractivity contribution in [1.29, 1.82) is 0 Å². The number of nitrogens with one attached hydrogen (secondary N) is 2. The van der Waals surface area contributed by atoms with Crippen LogP contribution >= 0.6 is 0 Å². The van der Waals surface area contributed by atoms with Gasteiger partial charge in [0.1, 0.15) is 11.3 Å². The normalized spacial score (nSPS) is 11.1. The lowest BCUT2D eigenvalue weighted by molar-refractivity contribution is 0.415. The lowest BCUT2D eigenvalue weighted by Gasteiger charge is -2.21. The van der Waals surface area contributed by atoms with Crippen molar-refractivity contribution in [2.75, 3.05) is 30.4 Å². The Bertz CT molecular complexity index is 1070. The van der Waals surface area contributed by atoms with E-state index >= 15 is 0 Å². The van der Waals surface area contributed by atoms with Crippen molar-refractivity contribution >= 4 is 39.0 Å². The van der Waals surface area contributed by atoms with Crippen molar-refractivity contribution in [2.24, 2.45) is 0 Å². The van der Waals surface area contributed by atoms with Crippen molar-refractivity contribution in [1.82, 2.24) is 15.2 Å². The fraction of sp³-hybridized carbons (Fsp3) is 0.238. The molecule has 27 heavy (non-hydrogen) atoms. The summed E-state index contributed by atoms with van der Waals surface area (Å²) in [6, 6.07) is 14.3. The Morgan fingerprint density at radius 3 is 2.52 bits per heavy atom. The Morgan fingerprint density at radius 2 is 1.81 bits per heavy atom. The van der Waals surface area contributed by atoms with Gasteiger partial charge in [0.15, 0.2) is 5.82 Å². The lowest BCUT2D eigenvalue weighted by atomic mass is 10.1. The zero-order chi connectivity index (χ0) is 18.8. The van der Waals surface area contributed by atoms with Gasteiger partial charge in [-0.05, 0) is 56.3 Å². The number of anilines is 3. The van der Waals surface area contributed by atoms with Gasteiger partial charge in [-0.1, -0.05) is 0 Å². The molecule has 2 aromatic carbocycles. The van der Waals surface area contributed by atoms with Crippen LogP contribution in [0.5, 0.6) is 5.75 Å². The molecule has 4 rings (SSSR count). The lowest BCUT2D eigenvalue weighted by Crippen LogP contribution is -2.21. The number of aromatic amines is 1. The molecule has 0 aliphatic heterocycles. The standard InChI is InChI=1S/C21H23N5O/c1-4-26(5-2)15-8-6-14(7-9-15)23-21-20-18(13-22-25-20)17-12-16(27-3)10-11-19(17)24-21/h6-13H,4-5H2,1-3H3,(H,22,25)(H,23,24). The van der Waals surface area contributed by atoms with Crippen LogP contribution in [0.25, 0.3) is 21.8 Å². The van der Waals surface area contributed by atoms with Crippen LogP contribution in [0.2, 0.25) is 0 Å². The van der Waals surface area contributed by atoms with Crippen LogP contribution in [0.15, 0.2) is 48.7 Å². The van der Waals surface area contributed by atoms with Crippen molar-refractivity contribution in [3.05, 3.63) is 48.7 Å². The molecule has 0 radical (unpaired) electrons. The Balaban J connectivity index is 1.72. The van der Waals surface area contributed by atoms with Crippen molar-refractivity contribution in [3.63, 3.8) is 0 Å². The highest BCUT2D eigenvalue weighted by atomic mass is 16.5. The molecule has 0 atom stereocenters. The third-order valence-electron chi connectivity index (χ3n) is 4.85. The van der Waals surface area contributed by atoms with Gasteiger partial charge >= 0.3 is 0 Å². The largest absolute Gasteiger partial charge is 0.497 e. The highest BCUT2D eigenvalue weighted by Gasteiger charge is 2.12. The third kappa shape index (κ3) is 3.14. The van der Waals surface area contributed by atoms with Crippen LogP contribution in [0.4, 0.5) is 17.2 Å². The Hall–Kier alpha value is -3.28. The first-order valence-electron chi connectivity index (χ1n) is 9.16. The Morgan fingerprint density at radius 1 is 1.04 bits per heavy atom. The van der Waals surface area contributed by atoms with Gasteiger partial charge in [-0.15, -0.1) is 0 Å². The smallest absolute Gasteiger partial charge is 0.159 e. The summed E-state index contributed by atoms with van der Waals surface area (Å²) < 4.78 is 5.34. The van der Waals surface area contributed by atoms with Gasteiger partial charge in [-0.2, -0.15) is 5.10 Å². The SMILES string of the molecule is CCN(CC)c1ccc(Nc2nc3ccc(OC)cc3c3c[nH]nc23)cc1. The number of hydrogen-bond donors (Lipinski definition) is 2. The van der Waals surface area contributed by atoms with E-state index in [1.165, 1.54) is 5.69 Å². The van der Waals surface area contributed by atoms with Gasteiger partial charge in [-0.3, -0.25) is 5.10 Å². The van der Waals surface area contributed by atoms with E-state index in [1.54, 1.807) is 7.11 Å². The van der Waals surface area contributed by atoms with Gasteiger partial charge in [-0.25, -0.2) is 4.98 Å². The van der Waals surface area contributed by atoms with E-state index < -0.39 is 0 Å². The summed E-state index contributed by atoms with van der Waals surface area (Å²) in [5, 5.41) is 12.8. The molecule has 0 bridgehead atoms. The van der Waals surface area contributed by atoms with Crippen LogP contribution in [0.1, 0.15) is 13.8 Å². The van der Waals surface area contributed by atoms with Crippen LogP contribution in [0.3, 0.4) is 0 Å². The molecule has 138 valence electrons. The first-order chi connectivity index (χ1) is 13.2. The van der Waals surface area contributed by atoms with E-state index in [9.17, 15) is 0 Å². The number of aromatic nitrogens is 3. The molecule has 0 saturated carbocycles. The fourth-order valence-corrected chi connectivity index (χ4v) is 3.37. The summed E-state index contributed by atoms with van der Waals surface area (Å²) in [6.45, 7) is 6.32.